The molecule has 0 spiro atoms. The van der Waals surface area contributed by atoms with Crippen LogP contribution >= 0.6 is 15.9 Å². The van der Waals surface area contributed by atoms with Gasteiger partial charge in [-0.05, 0) is 76.3 Å². The average Bonchev–Trinajstić information content (AvgIpc) is 2.59. The predicted octanol–water partition coefficient (Wildman–Crippen LogP) is 4.20. The quantitative estimate of drug-likeness (QED) is 0.559. The molecule has 0 unspecified atom stereocenters. The molecule has 5 nitrogen and oxygen atoms in total. The number of hydrogen-bond donors (Lipinski definition) is 2. The van der Waals surface area contributed by atoms with Crippen molar-refractivity contribution >= 4 is 27.5 Å². The summed E-state index contributed by atoms with van der Waals surface area (Å²) in [6.45, 7) is 5.87. The smallest absolute Gasteiger partial charge is 0.277 e. The van der Waals surface area contributed by atoms with Gasteiger partial charge in [0.15, 0.2) is 6.61 Å². The van der Waals surface area contributed by atoms with Crippen molar-refractivity contribution in [3.05, 3.63) is 58.1 Å². The van der Waals surface area contributed by atoms with Gasteiger partial charge in [-0.2, -0.15) is 5.10 Å². The van der Waals surface area contributed by atoms with Gasteiger partial charge in [-0.25, -0.2) is 5.43 Å². The number of nitrogens with zero attached hydrogens (tertiary/aromatic N) is 1. The van der Waals surface area contributed by atoms with E-state index in [4.69, 9.17) is 4.74 Å². The van der Waals surface area contributed by atoms with Crippen LogP contribution in [0.25, 0.3) is 0 Å². The molecule has 0 aromatic heterocycles. The lowest BCUT2D eigenvalue weighted by atomic mass is 10.0. The van der Waals surface area contributed by atoms with E-state index < -0.39 is 0 Å². The first kappa shape index (κ1) is 19.0. The van der Waals surface area contributed by atoms with Crippen molar-refractivity contribution in [3.8, 4) is 11.5 Å². The third kappa shape index (κ3) is 5.60. The zero-order chi connectivity index (χ0) is 18.4. The molecule has 0 atom stereocenters. The lowest BCUT2D eigenvalue weighted by Gasteiger charge is -2.11. The van der Waals surface area contributed by atoms with Crippen molar-refractivity contribution in [1.29, 1.82) is 0 Å². The maximum absolute atomic E-state index is 11.9. The number of halogens is 1. The molecule has 25 heavy (non-hydrogen) atoms. The largest absolute Gasteiger partial charge is 0.508 e. The summed E-state index contributed by atoms with van der Waals surface area (Å²) in [7, 11) is 0. The standard InChI is InChI=1S/C19H21BrN2O3/c1-12(2)15-6-9-18(17(20)10-15)25-11-19(24)22-21-13(3)14-4-7-16(23)8-5-14/h4-10,12,23H,11H2,1-3H3,(H,22,24)/b21-13+. The number of phenolic OH excluding ortho intramolecular Hbond substituents is 1. The number of benzene rings is 2. The first-order valence-corrected chi connectivity index (χ1v) is 8.71. The van der Waals surface area contributed by atoms with Crippen molar-refractivity contribution < 1.29 is 14.6 Å². The van der Waals surface area contributed by atoms with E-state index in [0.29, 0.717) is 17.4 Å². The van der Waals surface area contributed by atoms with Crippen LogP contribution in [0.1, 0.15) is 37.8 Å². The molecule has 0 aliphatic heterocycles. The molecule has 2 rings (SSSR count). The summed E-state index contributed by atoms with van der Waals surface area (Å²) in [6, 6.07) is 12.4. The highest BCUT2D eigenvalue weighted by Crippen LogP contribution is 2.28. The number of hydrogen-bond acceptors (Lipinski definition) is 4. The van der Waals surface area contributed by atoms with E-state index in [0.717, 1.165) is 10.0 Å². The number of nitrogens with one attached hydrogen (secondary N) is 1. The van der Waals surface area contributed by atoms with Crippen molar-refractivity contribution in [2.24, 2.45) is 5.10 Å². The van der Waals surface area contributed by atoms with Crippen LogP contribution in [0.3, 0.4) is 0 Å². The molecule has 2 aromatic rings. The summed E-state index contributed by atoms with van der Waals surface area (Å²) in [5.74, 6) is 0.866. The third-order valence-electron chi connectivity index (χ3n) is 3.61. The van der Waals surface area contributed by atoms with Gasteiger partial charge in [0.1, 0.15) is 11.5 Å². The van der Waals surface area contributed by atoms with Gasteiger partial charge >= 0.3 is 0 Å². The summed E-state index contributed by atoms with van der Waals surface area (Å²) in [4.78, 5) is 11.9. The maximum atomic E-state index is 11.9. The van der Waals surface area contributed by atoms with Crippen LogP contribution in [0.15, 0.2) is 52.0 Å². The minimum atomic E-state index is -0.349. The van der Waals surface area contributed by atoms with E-state index in [1.807, 2.05) is 18.2 Å². The first-order chi connectivity index (χ1) is 11.9. The van der Waals surface area contributed by atoms with Gasteiger partial charge in [0.05, 0.1) is 10.2 Å². The van der Waals surface area contributed by atoms with Crippen LogP contribution in [-0.4, -0.2) is 23.3 Å². The van der Waals surface area contributed by atoms with Gasteiger partial charge in [-0.15, -0.1) is 0 Å². The van der Waals surface area contributed by atoms with E-state index in [1.165, 1.54) is 5.56 Å². The molecule has 2 N–H and O–H groups in total. The average molecular weight is 405 g/mol. The van der Waals surface area contributed by atoms with Crippen LogP contribution in [0.5, 0.6) is 11.5 Å². The molecular formula is C19H21BrN2O3. The highest BCUT2D eigenvalue weighted by Gasteiger charge is 2.08. The van der Waals surface area contributed by atoms with Gasteiger partial charge in [0.2, 0.25) is 0 Å². The second-order valence-corrected chi connectivity index (χ2v) is 6.77. The van der Waals surface area contributed by atoms with Crippen molar-refractivity contribution in [2.45, 2.75) is 26.7 Å². The Morgan fingerprint density at radius 3 is 2.52 bits per heavy atom. The number of aromatic hydroxyl groups is 1. The number of ether oxygens (including phenoxy) is 1. The summed E-state index contributed by atoms with van der Waals surface area (Å²) < 4.78 is 6.34. The van der Waals surface area contributed by atoms with Crippen molar-refractivity contribution in [2.75, 3.05) is 6.61 Å². The second kappa shape index (κ2) is 8.67. The first-order valence-electron chi connectivity index (χ1n) is 7.91. The van der Waals surface area contributed by atoms with E-state index in [2.05, 4.69) is 40.3 Å². The summed E-state index contributed by atoms with van der Waals surface area (Å²) >= 11 is 3.46. The Morgan fingerprint density at radius 2 is 1.92 bits per heavy atom. The SMILES string of the molecule is C/C(=N\NC(=O)COc1ccc(C(C)C)cc1Br)c1ccc(O)cc1. The lowest BCUT2D eigenvalue weighted by Crippen LogP contribution is -2.25. The van der Waals surface area contributed by atoms with Crippen LogP contribution in [0.4, 0.5) is 0 Å². The van der Waals surface area contributed by atoms with E-state index in [-0.39, 0.29) is 18.3 Å². The highest BCUT2D eigenvalue weighted by molar-refractivity contribution is 9.10. The van der Waals surface area contributed by atoms with E-state index >= 15 is 0 Å². The predicted molar refractivity (Wildman–Crippen MR) is 102 cm³/mol. The molecular weight excluding hydrogens is 384 g/mol. The fourth-order valence-electron chi connectivity index (χ4n) is 2.08. The van der Waals surface area contributed by atoms with Crippen LogP contribution in [0.2, 0.25) is 0 Å². The lowest BCUT2D eigenvalue weighted by molar-refractivity contribution is -0.123. The van der Waals surface area contributed by atoms with Gasteiger partial charge in [-0.1, -0.05) is 19.9 Å². The van der Waals surface area contributed by atoms with Crippen LogP contribution in [-0.2, 0) is 4.79 Å². The molecule has 0 fully saturated rings. The topological polar surface area (TPSA) is 70.9 Å². The molecule has 0 heterocycles. The van der Waals surface area contributed by atoms with Crippen molar-refractivity contribution in [3.63, 3.8) is 0 Å². The fraction of sp³-hybridized carbons (Fsp3) is 0.263. The van der Waals surface area contributed by atoms with Gasteiger partial charge in [-0.3, -0.25) is 4.79 Å². The van der Waals surface area contributed by atoms with Gasteiger partial charge in [0, 0.05) is 0 Å². The fourth-order valence-corrected chi connectivity index (χ4v) is 2.59. The normalized spacial score (nSPS) is 11.5. The molecule has 0 aliphatic carbocycles. The monoisotopic (exact) mass is 404 g/mol. The second-order valence-electron chi connectivity index (χ2n) is 5.91. The Bertz CT molecular complexity index is 771. The molecule has 0 radical (unpaired) electrons. The summed E-state index contributed by atoms with van der Waals surface area (Å²) in [6.07, 6.45) is 0. The molecule has 0 saturated carbocycles. The molecule has 6 heteroatoms. The number of hydrazone groups is 1. The number of carbonyl (C=O) groups excluding carboxylic acids is 1. The Kier molecular flexibility index (Phi) is 6.58. The molecule has 0 aliphatic rings. The van der Waals surface area contributed by atoms with Gasteiger partial charge < -0.3 is 9.84 Å². The van der Waals surface area contributed by atoms with Crippen LogP contribution in [0, 0.1) is 0 Å². The third-order valence-corrected chi connectivity index (χ3v) is 4.23. The number of carbonyl (C=O) groups is 1. The number of amides is 1. The Balaban J connectivity index is 1.90. The Morgan fingerprint density at radius 1 is 1.24 bits per heavy atom. The summed E-state index contributed by atoms with van der Waals surface area (Å²) in [5, 5.41) is 13.3. The Hall–Kier alpha value is -2.34. The molecule has 0 saturated heterocycles. The minimum absolute atomic E-state index is 0.133. The maximum Gasteiger partial charge on any atom is 0.277 e. The zero-order valence-corrected chi connectivity index (χ0v) is 16.0. The molecule has 1 amide bonds. The van der Waals surface area contributed by atoms with Gasteiger partial charge in [0.25, 0.3) is 5.91 Å². The molecule has 132 valence electrons. The number of phenols is 1. The zero-order valence-electron chi connectivity index (χ0n) is 14.4. The Labute approximate surface area is 155 Å². The summed E-state index contributed by atoms with van der Waals surface area (Å²) in [5.41, 5.74) is 5.10. The van der Waals surface area contributed by atoms with Crippen molar-refractivity contribution in [1.82, 2.24) is 5.43 Å². The minimum Gasteiger partial charge on any atom is -0.508 e. The van der Waals surface area contributed by atoms with Crippen LogP contribution < -0.4 is 10.2 Å². The number of rotatable bonds is 6. The molecule has 0 bridgehead atoms. The highest BCUT2D eigenvalue weighted by atomic mass is 79.9. The molecule has 2 aromatic carbocycles. The van der Waals surface area contributed by atoms with E-state index in [1.54, 1.807) is 31.2 Å². The van der Waals surface area contributed by atoms with E-state index in [9.17, 15) is 9.90 Å².